The maximum absolute atomic E-state index is 11.9. The third kappa shape index (κ3) is 4.83. The lowest BCUT2D eigenvalue weighted by Crippen LogP contribution is -2.21. The Morgan fingerprint density at radius 3 is 2.61 bits per heavy atom. The van der Waals surface area contributed by atoms with E-state index >= 15 is 0 Å². The number of rotatable bonds is 5. The first-order chi connectivity index (χ1) is 10.8. The zero-order valence-corrected chi connectivity index (χ0v) is 14.0. The second kappa shape index (κ2) is 7.29. The number of amides is 2. The minimum atomic E-state index is -1.59. The maximum Gasteiger partial charge on any atom is 0.394 e. The Bertz CT molecular complexity index is 738. The number of carboxylic acid groups (broad SMARTS) is 1. The topological polar surface area (TPSA) is 121 Å². The smallest absolute Gasteiger partial charge is 0.394 e. The van der Waals surface area contributed by atoms with Crippen LogP contribution in [0.2, 0.25) is 0 Å². The number of nitrogens with zero attached hydrogens (tertiary/aromatic N) is 2. The molecule has 3 N–H and O–H groups in total. The predicted molar refractivity (Wildman–Crippen MR) is 86.9 cm³/mol. The van der Waals surface area contributed by atoms with Crippen molar-refractivity contribution in [3.63, 3.8) is 0 Å². The predicted octanol–water partition coefficient (Wildman–Crippen LogP) is 1.93. The summed E-state index contributed by atoms with van der Waals surface area (Å²) in [5.41, 5.74) is 0.439. The molecule has 0 saturated heterocycles. The lowest BCUT2D eigenvalue weighted by molar-refractivity contribution is -0.147. The molecule has 2 aromatic heterocycles. The summed E-state index contributed by atoms with van der Waals surface area (Å²) in [7, 11) is 0. The quantitative estimate of drug-likeness (QED) is 0.705. The van der Waals surface area contributed by atoms with E-state index < -0.39 is 11.9 Å². The van der Waals surface area contributed by atoms with Crippen LogP contribution in [0.3, 0.4) is 0 Å². The Hall–Kier alpha value is -2.33. The third-order valence-corrected chi connectivity index (χ3v) is 4.67. The van der Waals surface area contributed by atoms with Crippen LogP contribution >= 0.6 is 22.7 Å². The van der Waals surface area contributed by atoms with Crippen molar-refractivity contribution in [1.29, 1.82) is 0 Å². The number of carboxylic acids is 1. The maximum atomic E-state index is 11.9. The summed E-state index contributed by atoms with van der Waals surface area (Å²) in [6.45, 7) is 4.09. The van der Waals surface area contributed by atoms with Crippen molar-refractivity contribution >= 4 is 50.7 Å². The number of thiazole rings is 2. The first-order valence-corrected chi connectivity index (χ1v) is 8.29. The van der Waals surface area contributed by atoms with Crippen molar-refractivity contribution in [3.8, 4) is 0 Å². The minimum absolute atomic E-state index is 0.00995. The Kier molecular flexibility index (Phi) is 5.40. The molecular formula is C13H14N4O4S2. The van der Waals surface area contributed by atoms with Crippen LogP contribution in [0.1, 0.15) is 30.3 Å². The standard InChI is InChI=1S/C13H14N4O4S2/c1-6(2)8-4-14-12(23-8)16-9(18)3-7-5-22-13(15-7)17-10(19)11(20)21/h4-6H,3H2,1-2H3,(H,20,21)(H,14,16,18)(H,15,17,19). The molecule has 0 aliphatic carbocycles. The van der Waals surface area contributed by atoms with Gasteiger partial charge in [-0.25, -0.2) is 14.8 Å². The van der Waals surface area contributed by atoms with Gasteiger partial charge >= 0.3 is 11.9 Å². The Morgan fingerprint density at radius 1 is 1.26 bits per heavy atom. The van der Waals surface area contributed by atoms with Crippen molar-refractivity contribution in [3.05, 3.63) is 22.1 Å². The summed E-state index contributed by atoms with van der Waals surface area (Å²) in [6.07, 6.45) is 1.74. The fourth-order valence-corrected chi connectivity index (χ4v) is 3.08. The summed E-state index contributed by atoms with van der Waals surface area (Å²) in [5.74, 6) is -2.70. The van der Waals surface area contributed by atoms with Gasteiger partial charge in [-0.15, -0.1) is 22.7 Å². The highest BCUT2D eigenvalue weighted by Crippen LogP contribution is 2.25. The van der Waals surface area contributed by atoms with Gasteiger partial charge in [-0.3, -0.25) is 14.9 Å². The van der Waals surface area contributed by atoms with Gasteiger partial charge in [0.1, 0.15) is 0 Å². The fraction of sp³-hybridized carbons (Fsp3) is 0.308. The highest BCUT2D eigenvalue weighted by Gasteiger charge is 2.15. The van der Waals surface area contributed by atoms with Crippen molar-refractivity contribution < 1.29 is 19.5 Å². The van der Waals surface area contributed by atoms with Crippen LogP contribution < -0.4 is 10.6 Å². The molecule has 122 valence electrons. The highest BCUT2D eigenvalue weighted by molar-refractivity contribution is 7.15. The van der Waals surface area contributed by atoms with Crippen LogP contribution in [-0.4, -0.2) is 32.9 Å². The Balaban J connectivity index is 1.91. The van der Waals surface area contributed by atoms with Gasteiger partial charge in [-0.1, -0.05) is 13.8 Å². The van der Waals surface area contributed by atoms with E-state index in [1.165, 1.54) is 11.3 Å². The number of hydrogen-bond acceptors (Lipinski definition) is 7. The normalized spacial score (nSPS) is 10.6. The lowest BCUT2D eigenvalue weighted by atomic mass is 10.2. The summed E-state index contributed by atoms with van der Waals surface area (Å²) >= 11 is 2.47. The van der Waals surface area contributed by atoms with E-state index in [0.29, 0.717) is 16.7 Å². The van der Waals surface area contributed by atoms with Crippen LogP contribution in [0.5, 0.6) is 0 Å². The summed E-state index contributed by atoms with van der Waals surface area (Å²) < 4.78 is 0. The number of nitrogens with one attached hydrogen (secondary N) is 2. The zero-order valence-electron chi connectivity index (χ0n) is 12.3. The van der Waals surface area contributed by atoms with Crippen LogP contribution in [0, 0.1) is 0 Å². The molecule has 0 bridgehead atoms. The van der Waals surface area contributed by atoms with Gasteiger partial charge in [0.25, 0.3) is 0 Å². The van der Waals surface area contributed by atoms with E-state index in [2.05, 4.69) is 20.6 Å². The van der Waals surface area contributed by atoms with E-state index in [1.54, 1.807) is 11.6 Å². The summed E-state index contributed by atoms with van der Waals surface area (Å²) in [4.78, 5) is 42.6. The summed E-state index contributed by atoms with van der Waals surface area (Å²) in [6, 6.07) is 0. The van der Waals surface area contributed by atoms with Gasteiger partial charge in [0.15, 0.2) is 10.3 Å². The molecule has 2 amide bonds. The Labute approximate surface area is 139 Å². The van der Waals surface area contributed by atoms with Crippen LogP contribution in [0.15, 0.2) is 11.6 Å². The zero-order chi connectivity index (χ0) is 17.0. The fourth-order valence-electron chi connectivity index (χ4n) is 1.54. The number of aliphatic carboxylic acids is 1. The van der Waals surface area contributed by atoms with Crippen LogP contribution in [0.4, 0.5) is 10.3 Å². The largest absolute Gasteiger partial charge is 0.474 e. The number of carbonyl (C=O) groups is 3. The molecule has 0 fully saturated rings. The first-order valence-electron chi connectivity index (χ1n) is 6.59. The minimum Gasteiger partial charge on any atom is -0.474 e. The SMILES string of the molecule is CC(C)c1cnc(NC(=O)Cc2csc(NC(=O)C(=O)O)n2)s1. The van der Waals surface area contributed by atoms with Crippen LogP contribution in [0.25, 0.3) is 0 Å². The molecular weight excluding hydrogens is 340 g/mol. The molecule has 8 nitrogen and oxygen atoms in total. The van der Waals surface area contributed by atoms with Gasteiger partial charge in [-0.05, 0) is 5.92 Å². The monoisotopic (exact) mass is 354 g/mol. The molecule has 2 heterocycles. The molecule has 10 heteroatoms. The third-order valence-electron chi connectivity index (χ3n) is 2.65. The van der Waals surface area contributed by atoms with E-state index in [-0.39, 0.29) is 17.5 Å². The van der Waals surface area contributed by atoms with Crippen molar-refractivity contribution in [2.24, 2.45) is 0 Å². The molecule has 0 saturated carbocycles. The molecule has 0 spiro atoms. The highest BCUT2D eigenvalue weighted by atomic mass is 32.1. The second-order valence-electron chi connectivity index (χ2n) is 4.85. The average molecular weight is 354 g/mol. The van der Waals surface area contributed by atoms with Crippen molar-refractivity contribution in [2.45, 2.75) is 26.2 Å². The summed E-state index contributed by atoms with van der Waals surface area (Å²) in [5, 5.41) is 15.5. The molecule has 0 atom stereocenters. The van der Waals surface area contributed by atoms with Crippen molar-refractivity contribution in [1.82, 2.24) is 9.97 Å². The number of aromatic nitrogens is 2. The van der Waals surface area contributed by atoms with E-state index in [9.17, 15) is 14.4 Å². The number of carbonyl (C=O) groups excluding carboxylic acids is 2. The second-order valence-corrected chi connectivity index (χ2v) is 6.77. The number of hydrogen-bond donors (Lipinski definition) is 3. The molecule has 0 aliphatic heterocycles. The molecule has 0 unspecified atom stereocenters. The molecule has 2 rings (SSSR count). The molecule has 2 aromatic rings. The van der Waals surface area contributed by atoms with Gasteiger partial charge in [0, 0.05) is 16.5 Å². The average Bonchev–Trinajstić information content (AvgIpc) is 3.08. The molecule has 0 aliphatic rings. The lowest BCUT2D eigenvalue weighted by Gasteiger charge is -2.00. The first kappa shape index (κ1) is 17.0. The molecule has 0 aromatic carbocycles. The van der Waals surface area contributed by atoms with Gasteiger partial charge in [-0.2, -0.15) is 0 Å². The molecule has 0 radical (unpaired) electrons. The van der Waals surface area contributed by atoms with E-state index in [4.69, 9.17) is 5.11 Å². The Morgan fingerprint density at radius 2 is 2.00 bits per heavy atom. The number of anilines is 2. The van der Waals surface area contributed by atoms with E-state index in [0.717, 1.165) is 16.2 Å². The van der Waals surface area contributed by atoms with Gasteiger partial charge in [0.05, 0.1) is 12.1 Å². The van der Waals surface area contributed by atoms with Crippen LogP contribution in [-0.2, 0) is 20.8 Å². The molecule has 23 heavy (non-hydrogen) atoms. The van der Waals surface area contributed by atoms with Gasteiger partial charge in [0.2, 0.25) is 5.91 Å². The van der Waals surface area contributed by atoms with Crippen molar-refractivity contribution in [2.75, 3.05) is 10.6 Å². The van der Waals surface area contributed by atoms with E-state index in [1.807, 2.05) is 13.8 Å². The van der Waals surface area contributed by atoms with Gasteiger partial charge < -0.3 is 10.4 Å².